The average molecular weight is 284 g/mol. The van der Waals surface area contributed by atoms with Crippen LogP contribution < -0.4 is 4.74 Å². The maximum absolute atomic E-state index is 10.7. The highest BCUT2D eigenvalue weighted by Crippen LogP contribution is 2.14. The van der Waals surface area contributed by atoms with Crippen molar-refractivity contribution in [3.63, 3.8) is 0 Å². The Morgan fingerprint density at radius 1 is 1.50 bits per heavy atom. The normalized spacial score (nSPS) is 17.4. The van der Waals surface area contributed by atoms with E-state index in [0.717, 1.165) is 5.56 Å². The first-order valence-corrected chi connectivity index (χ1v) is 6.60. The van der Waals surface area contributed by atoms with Crippen molar-refractivity contribution in [3.05, 3.63) is 29.8 Å². The van der Waals surface area contributed by atoms with Gasteiger partial charge >= 0.3 is 5.97 Å². The Kier molecular flexibility index (Phi) is 4.39. The molecule has 0 saturated heterocycles. The minimum atomic E-state index is -2.83. The summed E-state index contributed by atoms with van der Waals surface area (Å²) in [4.78, 5) is 12.0. The minimum Gasteiger partial charge on any atom is -0.497 e. The number of rotatable bonds is 9. The summed E-state index contributed by atoms with van der Waals surface area (Å²) in [5.41, 5.74) is 0.915. The van der Waals surface area contributed by atoms with Crippen LogP contribution >= 0.6 is 0 Å². The molecule has 0 spiro atoms. The molecule has 1 unspecified atom stereocenters. The van der Waals surface area contributed by atoms with Crippen molar-refractivity contribution in [2.24, 2.45) is 0 Å². The Labute approximate surface area is 128 Å². The maximum Gasteiger partial charge on any atom is 0.303 e. The van der Waals surface area contributed by atoms with Gasteiger partial charge in [0.25, 0.3) is 0 Å². The largest absolute Gasteiger partial charge is 0.497 e. The first kappa shape index (κ1) is 10.2. The summed E-state index contributed by atoms with van der Waals surface area (Å²) < 4.78 is 43.7. The second kappa shape index (κ2) is 8.59. The van der Waals surface area contributed by atoms with Crippen molar-refractivity contribution in [1.82, 2.24) is 4.90 Å². The van der Waals surface area contributed by atoms with E-state index in [2.05, 4.69) is 0 Å². The van der Waals surface area contributed by atoms with Crippen molar-refractivity contribution in [1.29, 1.82) is 0 Å². The van der Waals surface area contributed by atoms with E-state index in [0.29, 0.717) is 12.2 Å². The maximum atomic E-state index is 10.7. The predicted molar refractivity (Wildman–Crippen MR) is 80.3 cm³/mol. The van der Waals surface area contributed by atoms with E-state index in [1.54, 1.807) is 26.2 Å². The molecule has 0 aliphatic carbocycles. The van der Waals surface area contributed by atoms with Crippen LogP contribution in [0.2, 0.25) is 0 Å². The molecule has 0 amide bonds. The number of hydrogen-bond acceptors (Lipinski definition) is 3. The highest BCUT2D eigenvalue weighted by Gasteiger charge is 2.13. The average Bonchev–Trinajstić information content (AvgIpc) is 2.50. The van der Waals surface area contributed by atoms with Gasteiger partial charge in [0.1, 0.15) is 5.75 Å². The van der Waals surface area contributed by atoms with Gasteiger partial charge < -0.3 is 14.7 Å². The zero-order valence-corrected chi connectivity index (χ0v) is 11.9. The Hall–Kier alpha value is -1.55. The molecule has 0 aliphatic heterocycles. The number of hydrogen-bond donors (Lipinski definition) is 1. The lowest BCUT2D eigenvalue weighted by Gasteiger charge is -2.27. The molecule has 1 aromatic rings. The van der Waals surface area contributed by atoms with Crippen LogP contribution in [0, 0.1) is 0 Å². The van der Waals surface area contributed by atoms with E-state index in [1.807, 2.05) is 12.1 Å². The third-order valence-corrected chi connectivity index (χ3v) is 3.16. The van der Waals surface area contributed by atoms with E-state index in [1.165, 1.54) is 4.90 Å². The topological polar surface area (TPSA) is 49.8 Å². The molecule has 0 radical (unpaired) electrons. The van der Waals surface area contributed by atoms with Gasteiger partial charge in [0.05, 0.1) is 7.11 Å². The Morgan fingerprint density at radius 2 is 2.20 bits per heavy atom. The first-order chi connectivity index (χ1) is 11.5. The van der Waals surface area contributed by atoms with Crippen molar-refractivity contribution in [2.75, 3.05) is 20.2 Å². The van der Waals surface area contributed by atoms with Crippen LogP contribution in [0.1, 0.15) is 39.0 Å². The van der Waals surface area contributed by atoms with E-state index in [-0.39, 0.29) is 19.4 Å². The number of aliphatic carboxylic acids is 1. The molecule has 112 valence electrons. The molecule has 0 saturated carbocycles. The zero-order chi connectivity index (χ0) is 19.3. The summed E-state index contributed by atoms with van der Waals surface area (Å²) in [6.45, 7) is -3.58. The van der Waals surface area contributed by atoms with Crippen LogP contribution in [0.25, 0.3) is 0 Å². The van der Waals surface area contributed by atoms with Crippen LogP contribution in [0.5, 0.6) is 5.75 Å². The number of ether oxygens (including phenoxy) is 1. The van der Waals surface area contributed by atoms with E-state index < -0.39 is 25.4 Å². The highest BCUT2D eigenvalue weighted by atomic mass is 16.5. The summed E-state index contributed by atoms with van der Waals surface area (Å²) in [5.74, 6) is -0.287. The quantitative estimate of drug-likeness (QED) is 0.757. The molecule has 0 heterocycles. The Bertz CT molecular complexity index is 560. The highest BCUT2D eigenvalue weighted by molar-refractivity contribution is 5.66. The minimum absolute atomic E-state index is 0.0506. The lowest BCUT2D eigenvalue weighted by Crippen LogP contribution is -2.35. The van der Waals surface area contributed by atoms with Crippen LogP contribution in [0.3, 0.4) is 0 Å². The van der Waals surface area contributed by atoms with Crippen molar-refractivity contribution in [2.45, 2.75) is 39.1 Å². The molecule has 4 heteroatoms. The molecule has 4 nitrogen and oxygen atoms in total. The third-order valence-electron chi connectivity index (χ3n) is 3.16. The van der Waals surface area contributed by atoms with Gasteiger partial charge in [-0.05, 0) is 50.5 Å². The van der Waals surface area contributed by atoms with E-state index in [9.17, 15) is 4.79 Å². The number of carboxylic acids is 1. The van der Waals surface area contributed by atoms with Gasteiger partial charge in [0.15, 0.2) is 0 Å². The fourth-order valence-corrected chi connectivity index (χ4v) is 2.00. The van der Waals surface area contributed by atoms with Crippen molar-refractivity contribution in [3.8, 4) is 5.75 Å². The van der Waals surface area contributed by atoms with E-state index >= 15 is 0 Å². The van der Waals surface area contributed by atoms with Crippen LogP contribution in [0.15, 0.2) is 24.3 Å². The van der Waals surface area contributed by atoms with Gasteiger partial charge in [-0.25, -0.2) is 0 Å². The molecule has 1 N–H and O–H groups in total. The lowest BCUT2D eigenvalue weighted by molar-refractivity contribution is -0.137. The molecular weight excluding hydrogens is 254 g/mol. The molecule has 20 heavy (non-hydrogen) atoms. The second-order valence-electron chi connectivity index (χ2n) is 4.70. The lowest BCUT2D eigenvalue weighted by atomic mass is 10.1. The van der Waals surface area contributed by atoms with Crippen molar-refractivity contribution >= 4 is 5.97 Å². The van der Waals surface area contributed by atoms with Gasteiger partial charge in [-0.15, -0.1) is 0 Å². The second-order valence-corrected chi connectivity index (χ2v) is 4.70. The number of benzene rings is 1. The standard InChI is InChI=1S/C16H25NO3/c1-4-17(11-5-6-16(18)19)13(2)12-14-7-9-15(20-3)10-8-14/h7-10,13H,4-6,11-12H2,1-3H3,(H,18,19)/i1D3,4D2. The Morgan fingerprint density at radius 3 is 2.75 bits per heavy atom. The third kappa shape index (κ3) is 5.61. The molecular formula is C16H25NO3. The molecule has 0 bridgehead atoms. The van der Waals surface area contributed by atoms with Crippen LogP contribution in [0.4, 0.5) is 0 Å². The smallest absolute Gasteiger partial charge is 0.303 e. The SMILES string of the molecule is [2H]C([2H])([2H])C([2H])([2H])N(CCCC(=O)O)C(C)Cc1ccc(OC)cc1. The van der Waals surface area contributed by atoms with Crippen molar-refractivity contribution < 1.29 is 21.5 Å². The van der Waals surface area contributed by atoms with Gasteiger partial charge in [-0.2, -0.15) is 0 Å². The fourth-order valence-electron chi connectivity index (χ4n) is 2.00. The van der Waals surface area contributed by atoms with Crippen LogP contribution in [-0.2, 0) is 11.2 Å². The summed E-state index contributed by atoms with van der Waals surface area (Å²) >= 11 is 0. The summed E-state index contributed by atoms with van der Waals surface area (Å²) in [5, 5.41) is 8.78. The molecule has 1 rings (SSSR count). The van der Waals surface area contributed by atoms with Gasteiger partial charge in [-0.3, -0.25) is 4.79 Å². The number of carbonyl (C=O) groups is 1. The van der Waals surface area contributed by atoms with Gasteiger partial charge in [0.2, 0.25) is 0 Å². The Balaban J connectivity index is 2.93. The fraction of sp³-hybridized carbons (Fsp3) is 0.562. The van der Waals surface area contributed by atoms with E-state index in [4.69, 9.17) is 16.7 Å². The zero-order valence-electron chi connectivity index (χ0n) is 16.9. The first-order valence-electron chi connectivity index (χ1n) is 9.10. The summed E-state index contributed by atoms with van der Waals surface area (Å²) in [7, 11) is 1.56. The molecule has 0 aliphatic rings. The predicted octanol–water partition coefficient (Wildman–Crippen LogP) is 2.81. The molecule has 0 aromatic heterocycles. The monoisotopic (exact) mass is 284 g/mol. The number of nitrogens with zero attached hydrogens (tertiary/aromatic N) is 1. The van der Waals surface area contributed by atoms with Gasteiger partial charge in [-0.1, -0.05) is 19.0 Å². The summed E-state index contributed by atoms with van der Waals surface area (Å²) in [6, 6.07) is 6.84. The number of methoxy groups -OCH3 is 1. The molecule has 0 fully saturated rings. The number of likely N-dealkylation sites (N-methyl/N-ethyl adjacent to an activating group) is 1. The van der Waals surface area contributed by atoms with Gasteiger partial charge in [0, 0.05) is 19.3 Å². The van der Waals surface area contributed by atoms with Crippen LogP contribution in [-0.4, -0.2) is 42.2 Å². The molecule has 1 atom stereocenters. The summed E-state index contributed by atoms with van der Waals surface area (Å²) in [6.07, 6.45) is 0.480. The number of carboxylic acid groups (broad SMARTS) is 1. The molecule has 1 aromatic carbocycles.